The van der Waals surface area contributed by atoms with E-state index in [1.165, 1.54) is 16.8 Å². The quantitative estimate of drug-likeness (QED) is 0.701. The molecule has 0 saturated carbocycles. The molecule has 1 N–H and O–H groups in total. The third kappa shape index (κ3) is 3.78. The van der Waals surface area contributed by atoms with Crippen molar-refractivity contribution < 1.29 is 13.2 Å². The van der Waals surface area contributed by atoms with Crippen LogP contribution in [0.1, 0.15) is 5.82 Å². The molecule has 25 heavy (non-hydrogen) atoms. The Labute approximate surface area is 149 Å². The fourth-order valence-corrected chi connectivity index (χ4v) is 3.64. The minimum Gasteiger partial charge on any atom is -0.497 e. The van der Waals surface area contributed by atoms with Crippen LogP contribution in [0.5, 0.6) is 5.75 Å². The Hall–Kier alpha value is -2.49. The van der Waals surface area contributed by atoms with Crippen LogP contribution in [0.15, 0.2) is 53.4 Å². The van der Waals surface area contributed by atoms with Gasteiger partial charge in [0.2, 0.25) is 10.0 Å². The zero-order chi connectivity index (χ0) is 17.9. The Bertz CT molecular complexity index is 973. The Morgan fingerprint density at radius 1 is 1.16 bits per heavy atom. The molecule has 0 fully saturated rings. The van der Waals surface area contributed by atoms with Gasteiger partial charge in [-0.2, -0.15) is 4.68 Å². The van der Waals surface area contributed by atoms with Crippen molar-refractivity contribution in [1.82, 2.24) is 24.9 Å². The molecule has 0 aliphatic carbocycles. The maximum atomic E-state index is 12.4. The van der Waals surface area contributed by atoms with Crippen LogP contribution in [0.2, 0.25) is 5.02 Å². The summed E-state index contributed by atoms with van der Waals surface area (Å²) in [6.07, 6.45) is 0. The lowest BCUT2D eigenvalue weighted by atomic mass is 10.3. The number of benzene rings is 2. The molecular weight excluding hydrogens is 366 g/mol. The second kappa shape index (κ2) is 7.18. The summed E-state index contributed by atoms with van der Waals surface area (Å²) in [6.45, 7) is -0.0907. The van der Waals surface area contributed by atoms with Crippen LogP contribution >= 0.6 is 11.6 Å². The average Bonchev–Trinajstić information content (AvgIpc) is 3.09. The monoisotopic (exact) mass is 379 g/mol. The molecule has 8 nitrogen and oxygen atoms in total. The number of aromatic nitrogens is 4. The number of sulfonamides is 1. The highest BCUT2D eigenvalue weighted by Crippen LogP contribution is 2.20. The number of hydrogen-bond acceptors (Lipinski definition) is 6. The first-order valence-electron chi connectivity index (χ1n) is 7.17. The van der Waals surface area contributed by atoms with Crippen LogP contribution in [0, 0.1) is 0 Å². The predicted molar refractivity (Wildman–Crippen MR) is 91.2 cm³/mol. The van der Waals surface area contributed by atoms with Gasteiger partial charge in [-0.25, -0.2) is 13.1 Å². The smallest absolute Gasteiger partial charge is 0.242 e. The zero-order valence-corrected chi connectivity index (χ0v) is 14.7. The third-order valence-corrected chi connectivity index (χ3v) is 5.30. The van der Waals surface area contributed by atoms with Crippen molar-refractivity contribution in [3.8, 4) is 11.4 Å². The number of nitrogens with one attached hydrogen (secondary N) is 1. The highest BCUT2D eigenvalue weighted by atomic mass is 35.5. The normalized spacial score (nSPS) is 11.4. The van der Waals surface area contributed by atoms with Crippen molar-refractivity contribution >= 4 is 21.6 Å². The fourth-order valence-electron chi connectivity index (χ4n) is 2.14. The molecule has 0 radical (unpaired) electrons. The lowest BCUT2D eigenvalue weighted by molar-refractivity contribution is 0.414. The molecule has 1 aromatic heterocycles. The summed E-state index contributed by atoms with van der Waals surface area (Å²) in [6, 6.07) is 13.2. The lowest BCUT2D eigenvalue weighted by Gasteiger charge is -2.09. The lowest BCUT2D eigenvalue weighted by Crippen LogP contribution is -2.25. The van der Waals surface area contributed by atoms with E-state index >= 15 is 0 Å². The Balaban J connectivity index is 1.81. The van der Waals surface area contributed by atoms with Crippen molar-refractivity contribution in [1.29, 1.82) is 0 Å². The highest BCUT2D eigenvalue weighted by Gasteiger charge is 2.19. The van der Waals surface area contributed by atoms with Crippen molar-refractivity contribution in [2.45, 2.75) is 11.4 Å². The van der Waals surface area contributed by atoms with Crippen molar-refractivity contribution in [2.75, 3.05) is 7.11 Å². The minimum atomic E-state index is -3.79. The Morgan fingerprint density at radius 2 is 1.88 bits per heavy atom. The minimum absolute atomic E-state index is 0.000128. The molecule has 3 aromatic rings. The second-order valence-electron chi connectivity index (χ2n) is 4.96. The summed E-state index contributed by atoms with van der Waals surface area (Å²) in [5.41, 5.74) is 0.678. The van der Waals surface area contributed by atoms with Crippen LogP contribution in [-0.4, -0.2) is 35.7 Å². The number of rotatable bonds is 6. The van der Waals surface area contributed by atoms with Gasteiger partial charge in [-0.1, -0.05) is 23.7 Å². The Kier molecular flexibility index (Phi) is 4.98. The van der Waals surface area contributed by atoms with Gasteiger partial charge >= 0.3 is 0 Å². The van der Waals surface area contributed by atoms with E-state index in [0.29, 0.717) is 17.3 Å². The average molecular weight is 380 g/mol. The largest absolute Gasteiger partial charge is 0.497 e. The van der Waals surface area contributed by atoms with Gasteiger partial charge in [0.25, 0.3) is 0 Å². The van der Waals surface area contributed by atoms with Gasteiger partial charge in [0.05, 0.1) is 24.4 Å². The molecule has 0 atom stereocenters. The zero-order valence-electron chi connectivity index (χ0n) is 13.1. The van der Waals surface area contributed by atoms with E-state index in [9.17, 15) is 8.42 Å². The molecule has 130 valence electrons. The van der Waals surface area contributed by atoms with Crippen LogP contribution in [0.3, 0.4) is 0 Å². The number of hydrogen-bond donors (Lipinski definition) is 1. The molecule has 10 heteroatoms. The number of tetrazole rings is 1. The molecule has 2 aromatic carbocycles. The molecule has 0 spiro atoms. The first kappa shape index (κ1) is 17.3. The first-order chi connectivity index (χ1) is 12.0. The van der Waals surface area contributed by atoms with Gasteiger partial charge in [-0.3, -0.25) is 0 Å². The van der Waals surface area contributed by atoms with Crippen molar-refractivity contribution in [2.24, 2.45) is 0 Å². The number of methoxy groups -OCH3 is 1. The molecule has 3 rings (SSSR count). The van der Waals surface area contributed by atoms with Gasteiger partial charge in [-0.15, -0.1) is 5.10 Å². The van der Waals surface area contributed by atoms with E-state index in [-0.39, 0.29) is 16.5 Å². The van der Waals surface area contributed by atoms with E-state index in [1.807, 2.05) is 0 Å². The molecular formula is C15H14ClN5O3S. The summed E-state index contributed by atoms with van der Waals surface area (Å²) < 4.78 is 33.8. The van der Waals surface area contributed by atoms with Gasteiger partial charge < -0.3 is 4.74 Å². The van der Waals surface area contributed by atoms with Crippen molar-refractivity contribution in [3.63, 3.8) is 0 Å². The summed E-state index contributed by atoms with van der Waals surface area (Å²) >= 11 is 5.95. The molecule has 0 aliphatic rings. The van der Waals surface area contributed by atoms with E-state index < -0.39 is 10.0 Å². The number of ether oxygens (including phenoxy) is 1. The predicted octanol–water partition coefficient (Wildman–Crippen LogP) is 1.80. The van der Waals surface area contributed by atoms with E-state index in [4.69, 9.17) is 16.3 Å². The molecule has 0 saturated heterocycles. The maximum absolute atomic E-state index is 12.4. The molecule has 0 aliphatic heterocycles. The van der Waals surface area contributed by atoms with Gasteiger partial charge in [0.15, 0.2) is 5.82 Å². The molecule has 0 unspecified atom stereocenters. The van der Waals surface area contributed by atoms with Crippen molar-refractivity contribution in [3.05, 3.63) is 59.4 Å². The van der Waals surface area contributed by atoms with Crippen LogP contribution in [0.25, 0.3) is 5.69 Å². The maximum Gasteiger partial charge on any atom is 0.242 e. The second-order valence-corrected chi connectivity index (χ2v) is 7.10. The van der Waals surface area contributed by atoms with E-state index in [0.717, 1.165) is 0 Å². The fraction of sp³-hybridized carbons (Fsp3) is 0.133. The van der Waals surface area contributed by atoms with Crippen LogP contribution in [-0.2, 0) is 16.6 Å². The van der Waals surface area contributed by atoms with Crippen LogP contribution < -0.4 is 9.46 Å². The molecule has 0 bridgehead atoms. The third-order valence-electron chi connectivity index (χ3n) is 3.40. The topological polar surface area (TPSA) is 99.0 Å². The van der Waals surface area contributed by atoms with Gasteiger partial charge in [0.1, 0.15) is 10.6 Å². The summed E-state index contributed by atoms with van der Waals surface area (Å²) in [5.74, 6) is 1.03. The highest BCUT2D eigenvalue weighted by molar-refractivity contribution is 7.89. The van der Waals surface area contributed by atoms with E-state index in [2.05, 4.69) is 20.2 Å². The van der Waals surface area contributed by atoms with Gasteiger partial charge in [0, 0.05) is 0 Å². The van der Waals surface area contributed by atoms with Crippen LogP contribution in [0.4, 0.5) is 0 Å². The molecule has 0 amide bonds. The van der Waals surface area contributed by atoms with Gasteiger partial charge in [-0.05, 0) is 46.8 Å². The summed E-state index contributed by atoms with van der Waals surface area (Å²) in [4.78, 5) is 0.000128. The summed E-state index contributed by atoms with van der Waals surface area (Å²) in [7, 11) is -2.22. The number of nitrogens with zero attached hydrogens (tertiary/aromatic N) is 4. The van der Waals surface area contributed by atoms with E-state index in [1.54, 1.807) is 43.5 Å². The SMILES string of the molecule is COc1ccc(-n2nnnc2CNS(=O)(=O)c2ccccc2Cl)cc1. The standard InChI is InChI=1S/C15H14ClN5O3S/c1-24-12-8-6-11(7-9-12)21-15(18-19-20-21)10-17-25(22,23)14-5-3-2-4-13(14)16/h2-9,17H,10H2,1H3. The first-order valence-corrected chi connectivity index (χ1v) is 9.03. The Morgan fingerprint density at radius 3 is 2.56 bits per heavy atom. The number of halogens is 1. The summed E-state index contributed by atoms with van der Waals surface area (Å²) in [5, 5.41) is 11.5. The molecule has 1 heterocycles.